The summed E-state index contributed by atoms with van der Waals surface area (Å²) in [6, 6.07) is 4.04. The Hall–Kier alpha value is -1.75. The molecule has 0 aromatic heterocycles. The molecule has 0 saturated heterocycles. The summed E-state index contributed by atoms with van der Waals surface area (Å²) in [6.45, 7) is 2.45. The summed E-state index contributed by atoms with van der Waals surface area (Å²) < 4.78 is 15.9. The van der Waals surface area contributed by atoms with Crippen molar-refractivity contribution in [2.24, 2.45) is 5.73 Å². The lowest BCUT2D eigenvalue weighted by Crippen LogP contribution is -2.19. The minimum Gasteiger partial charge on any atom is -0.493 e. The maximum absolute atomic E-state index is 11.3. The Balaban J connectivity index is 2.02. The first-order valence-electron chi connectivity index (χ1n) is 6.88. The van der Waals surface area contributed by atoms with Crippen molar-refractivity contribution in [3.8, 4) is 11.5 Å². The topological polar surface area (TPSA) is 70.8 Å². The van der Waals surface area contributed by atoms with Crippen LogP contribution in [0.3, 0.4) is 0 Å². The molecule has 0 spiro atoms. The van der Waals surface area contributed by atoms with Crippen molar-refractivity contribution in [3.05, 3.63) is 23.3 Å². The molecule has 5 nitrogen and oxygen atoms in total. The minimum atomic E-state index is -0.255. The van der Waals surface area contributed by atoms with Gasteiger partial charge in [0.1, 0.15) is 0 Å². The zero-order chi connectivity index (χ0) is 14.5. The number of ether oxygens (including phenoxy) is 3. The molecule has 0 heterocycles. The maximum atomic E-state index is 11.3. The van der Waals surface area contributed by atoms with Crippen molar-refractivity contribution >= 4 is 5.97 Å². The van der Waals surface area contributed by atoms with Crippen LogP contribution < -0.4 is 15.2 Å². The lowest BCUT2D eigenvalue weighted by molar-refractivity contribution is -0.143. The van der Waals surface area contributed by atoms with Gasteiger partial charge in [-0.15, -0.1) is 0 Å². The molecule has 1 aliphatic carbocycles. The Kier molecular flexibility index (Phi) is 4.84. The van der Waals surface area contributed by atoms with E-state index in [1.54, 1.807) is 14.0 Å². The van der Waals surface area contributed by atoms with Crippen LogP contribution in [0.25, 0.3) is 0 Å². The summed E-state index contributed by atoms with van der Waals surface area (Å²) in [4.78, 5) is 11.3. The van der Waals surface area contributed by atoms with Gasteiger partial charge in [0.25, 0.3) is 0 Å². The molecule has 0 bridgehead atoms. The second-order valence-electron chi connectivity index (χ2n) is 4.81. The number of hydrogen-bond donors (Lipinski definition) is 1. The van der Waals surface area contributed by atoms with Gasteiger partial charge in [-0.25, -0.2) is 0 Å². The van der Waals surface area contributed by atoms with Crippen LogP contribution in [0.4, 0.5) is 0 Å². The molecule has 1 aromatic carbocycles. The second-order valence-corrected chi connectivity index (χ2v) is 4.81. The van der Waals surface area contributed by atoms with Crippen molar-refractivity contribution in [1.82, 2.24) is 0 Å². The summed E-state index contributed by atoms with van der Waals surface area (Å²) >= 11 is 0. The van der Waals surface area contributed by atoms with Crippen LogP contribution in [-0.2, 0) is 22.4 Å². The number of benzene rings is 1. The van der Waals surface area contributed by atoms with Gasteiger partial charge in [0, 0.05) is 11.6 Å². The van der Waals surface area contributed by atoms with Gasteiger partial charge < -0.3 is 19.9 Å². The van der Waals surface area contributed by atoms with Gasteiger partial charge in [-0.05, 0) is 31.4 Å². The van der Waals surface area contributed by atoms with Gasteiger partial charge in [-0.3, -0.25) is 4.79 Å². The molecular weight excluding hydrogens is 258 g/mol. The molecule has 1 aromatic rings. The number of hydrogen-bond acceptors (Lipinski definition) is 5. The molecular formula is C15H21NO4. The van der Waals surface area contributed by atoms with Crippen LogP contribution in [0.1, 0.15) is 24.5 Å². The van der Waals surface area contributed by atoms with Gasteiger partial charge in [-0.1, -0.05) is 6.07 Å². The van der Waals surface area contributed by atoms with Gasteiger partial charge >= 0.3 is 5.97 Å². The third-order valence-corrected chi connectivity index (χ3v) is 3.34. The summed E-state index contributed by atoms with van der Waals surface area (Å²) in [5.74, 6) is 1.14. The highest BCUT2D eigenvalue weighted by atomic mass is 16.5. The molecule has 1 aliphatic rings. The first-order valence-corrected chi connectivity index (χ1v) is 6.88. The first kappa shape index (κ1) is 14.7. The highest BCUT2D eigenvalue weighted by molar-refractivity contribution is 5.69. The SMILES string of the molecule is CCOC(=O)CCOc1ccc2c(c1OC)CC(N)C2. The van der Waals surface area contributed by atoms with E-state index in [1.807, 2.05) is 12.1 Å². The fourth-order valence-corrected chi connectivity index (χ4v) is 2.49. The largest absolute Gasteiger partial charge is 0.493 e. The van der Waals surface area contributed by atoms with Crippen molar-refractivity contribution in [2.75, 3.05) is 20.3 Å². The molecule has 2 N–H and O–H groups in total. The van der Waals surface area contributed by atoms with E-state index in [4.69, 9.17) is 19.9 Å². The fraction of sp³-hybridized carbons (Fsp3) is 0.533. The summed E-state index contributed by atoms with van der Waals surface area (Å²) in [7, 11) is 1.62. The monoisotopic (exact) mass is 279 g/mol. The fourth-order valence-electron chi connectivity index (χ4n) is 2.49. The Morgan fingerprint density at radius 2 is 2.20 bits per heavy atom. The van der Waals surface area contributed by atoms with Crippen LogP contribution in [-0.4, -0.2) is 32.3 Å². The van der Waals surface area contributed by atoms with E-state index in [9.17, 15) is 4.79 Å². The van der Waals surface area contributed by atoms with Crippen molar-refractivity contribution in [3.63, 3.8) is 0 Å². The van der Waals surface area contributed by atoms with E-state index >= 15 is 0 Å². The van der Waals surface area contributed by atoms with Crippen molar-refractivity contribution in [1.29, 1.82) is 0 Å². The molecule has 5 heteroatoms. The number of carbonyl (C=O) groups is 1. The van der Waals surface area contributed by atoms with E-state index in [0.717, 1.165) is 24.2 Å². The lowest BCUT2D eigenvalue weighted by Gasteiger charge is -2.14. The number of esters is 1. The van der Waals surface area contributed by atoms with Gasteiger partial charge in [0.15, 0.2) is 11.5 Å². The maximum Gasteiger partial charge on any atom is 0.309 e. The molecule has 20 heavy (non-hydrogen) atoms. The van der Waals surface area contributed by atoms with Gasteiger partial charge in [0.2, 0.25) is 0 Å². The average molecular weight is 279 g/mol. The molecule has 110 valence electrons. The average Bonchev–Trinajstić information content (AvgIpc) is 2.79. The molecule has 0 aliphatic heterocycles. The van der Waals surface area contributed by atoms with Crippen LogP contribution in [0.15, 0.2) is 12.1 Å². The highest BCUT2D eigenvalue weighted by Gasteiger charge is 2.24. The molecule has 0 saturated carbocycles. The smallest absolute Gasteiger partial charge is 0.309 e. The van der Waals surface area contributed by atoms with E-state index < -0.39 is 0 Å². The van der Waals surface area contributed by atoms with Crippen LogP contribution in [0.5, 0.6) is 11.5 Å². The molecule has 0 amide bonds. The molecule has 0 radical (unpaired) electrons. The second kappa shape index (κ2) is 6.61. The van der Waals surface area contributed by atoms with Gasteiger partial charge in [0.05, 0.1) is 26.7 Å². The highest BCUT2D eigenvalue weighted by Crippen LogP contribution is 2.38. The third-order valence-electron chi connectivity index (χ3n) is 3.34. The van der Waals surface area contributed by atoms with Crippen molar-refractivity contribution in [2.45, 2.75) is 32.2 Å². The predicted octanol–water partition coefficient (Wildman–Crippen LogP) is 1.45. The lowest BCUT2D eigenvalue weighted by atomic mass is 10.1. The Labute approximate surface area is 119 Å². The van der Waals surface area contributed by atoms with Crippen LogP contribution >= 0.6 is 0 Å². The third kappa shape index (κ3) is 3.22. The van der Waals surface area contributed by atoms with E-state index in [2.05, 4.69) is 0 Å². The Bertz CT molecular complexity index is 487. The summed E-state index contributed by atoms with van der Waals surface area (Å²) in [5, 5.41) is 0. The molecule has 1 unspecified atom stereocenters. The number of methoxy groups -OCH3 is 1. The molecule has 2 rings (SSSR count). The zero-order valence-corrected chi connectivity index (χ0v) is 12.0. The quantitative estimate of drug-likeness (QED) is 0.798. The molecule has 1 atom stereocenters. The van der Waals surface area contributed by atoms with Crippen molar-refractivity contribution < 1.29 is 19.0 Å². The Morgan fingerprint density at radius 3 is 2.90 bits per heavy atom. The van der Waals surface area contributed by atoms with E-state index in [0.29, 0.717) is 12.4 Å². The number of fused-ring (bicyclic) bond motifs is 1. The van der Waals surface area contributed by atoms with Gasteiger partial charge in [-0.2, -0.15) is 0 Å². The predicted molar refractivity (Wildman–Crippen MR) is 75.1 cm³/mol. The van der Waals surface area contributed by atoms with E-state index in [1.165, 1.54) is 5.56 Å². The summed E-state index contributed by atoms with van der Waals surface area (Å²) in [6.07, 6.45) is 1.90. The first-order chi connectivity index (χ1) is 9.65. The minimum absolute atomic E-state index is 0.147. The number of rotatable bonds is 6. The van der Waals surface area contributed by atoms with Crippen LogP contribution in [0.2, 0.25) is 0 Å². The zero-order valence-electron chi connectivity index (χ0n) is 12.0. The number of nitrogens with two attached hydrogens (primary N) is 1. The van der Waals surface area contributed by atoms with E-state index in [-0.39, 0.29) is 25.0 Å². The number of carbonyl (C=O) groups excluding carboxylic acids is 1. The normalized spacial score (nSPS) is 16.6. The summed E-state index contributed by atoms with van der Waals surface area (Å²) in [5.41, 5.74) is 8.31. The standard InChI is InChI=1S/C15H21NO4/c1-3-19-14(17)6-7-20-13-5-4-10-8-11(16)9-12(10)15(13)18-2/h4-5,11H,3,6-9,16H2,1-2H3. The molecule has 0 fully saturated rings. The Morgan fingerprint density at radius 1 is 1.40 bits per heavy atom. The van der Waals surface area contributed by atoms with Crippen LogP contribution in [0, 0.1) is 0 Å².